The molecule has 2 fully saturated rings. The van der Waals surface area contributed by atoms with E-state index in [0.717, 1.165) is 12.8 Å². The summed E-state index contributed by atoms with van der Waals surface area (Å²) in [7, 11) is 1.55. The standard InChI is InChI=1S/C15H22N4O4/c1-9-11(8-22-2)13(18-23-9)15(21)19-6-5-16-7-12(19)14(20)17-10-3-4-10/h10,12,16H,3-8H2,1-2H3,(H,17,20). The molecule has 1 aromatic rings. The summed E-state index contributed by atoms with van der Waals surface area (Å²) in [6, 6.07) is -0.260. The average molecular weight is 322 g/mol. The van der Waals surface area contributed by atoms with Gasteiger partial charge in [-0.05, 0) is 19.8 Å². The number of aryl methyl sites for hydroxylation is 1. The lowest BCUT2D eigenvalue weighted by atomic mass is 10.1. The Balaban J connectivity index is 1.79. The van der Waals surface area contributed by atoms with Crippen LogP contribution in [0.4, 0.5) is 0 Å². The molecular formula is C15H22N4O4. The number of hydrogen-bond acceptors (Lipinski definition) is 6. The van der Waals surface area contributed by atoms with Crippen molar-refractivity contribution >= 4 is 11.8 Å². The lowest BCUT2D eigenvalue weighted by Crippen LogP contribution is -2.60. The number of hydrogen-bond donors (Lipinski definition) is 2. The molecule has 23 heavy (non-hydrogen) atoms. The second-order valence-electron chi connectivity index (χ2n) is 6.00. The number of ether oxygens (including phenoxy) is 1. The Bertz CT molecular complexity index is 596. The van der Waals surface area contributed by atoms with E-state index in [1.807, 2.05) is 0 Å². The van der Waals surface area contributed by atoms with Crippen molar-refractivity contribution in [1.82, 2.24) is 20.7 Å². The molecule has 0 spiro atoms. The van der Waals surface area contributed by atoms with E-state index in [1.54, 1.807) is 18.9 Å². The Kier molecular flexibility index (Phi) is 4.63. The Hall–Kier alpha value is -1.93. The lowest BCUT2D eigenvalue weighted by Gasteiger charge is -2.34. The summed E-state index contributed by atoms with van der Waals surface area (Å²) < 4.78 is 10.3. The first-order valence-corrected chi connectivity index (χ1v) is 7.88. The second kappa shape index (κ2) is 6.67. The molecule has 126 valence electrons. The number of carbonyl (C=O) groups excluding carboxylic acids is 2. The van der Waals surface area contributed by atoms with Crippen LogP contribution in [0.2, 0.25) is 0 Å². The largest absolute Gasteiger partial charge is 0.380 e. The zero-order chi connectivity index (χ0) is 16.4. The fourth-order valence-corrected chi connectivity index (χ4v) is 2.72. The number of aromatic nitrogens is 1. The van der Waals surface area contributed by atoms with Gasteiger partial charge < -0.3 is 24.8 Å². The van der Waals surface area contributed by atoms with Gasteiger partial charge in [0.25, 0.3) is 5.91 Å². The van der Waals surface area contributed by atoms with E-state index in [4.69, 9.17) is 9.26 Å². The summed E-state index contributed by atoms with van der Waals surface area (Å²) in [6.07, 6.45) is 2.03. The fourth-order valence-electron chi connectivity index (χ4n) is 2.72. The molecule has 0 aromatic carbocycles. The van der Waals surface area contributed by atoms with Crippen molar-refractivity contribution in [3.05, 3.63) is 17.0 Å². The molecule has 0 radical (unpaired) electrons. The van der Waals surface area contributed by atoms with Gasteiger partial charge in [0.05, 0.1) is 12.2 Å². The van der Waals surface area contributed by atoms with E-state index >= 15 is 0 Å². The molecule has 1 saturated carbocycles. The predicted octanol–water partition coefficient (Wildman–Crippen LogP) is -0.178. The molecule has 3 rings (SSSR count). The first-order valence-electron chi connectivity index (χ1n) is 7.88. The van der Waals surface area contributed by atoms with Crippen LogP contribution in [0, 0.1) is 6.92 Å². The SMILES string of the molecule is COCc1c(C(=O)N2CCNCC2C(=O)NC2CC2)noc1C. The highest BCUT2D eigenvalue weighted by atomic mass is 16.5. The highest BCUT2D eigenvalue weighted by Crippen LogP contribution is 2.21. The van der Waals surface area contributed by atoms with Crippen LogP contribution in [0.5, 0.6) is 0 Å². The Morgan fingerprint density at radius 3 is 2.96 bits per heavy atom. The summed E-state index contributed by atoms with van der Waals surface area (Å²) in [4.78, 5) is 26.8. The van der Waals surface area contributed by atoms with Crippen LogP contribution in [-0.4, -0.2) is 60.7 Å². The maximum Gasteiger partial charge on any atom is 0.277 e. The summed E-state index contributed by atoms with van der Waals surface area (Å²) in [5, 5.41) is 10.0. The number of rotatable bonds is 5. The van der Waals surface area contributed by atoms with Gasteiger partial charge in [0.1, 0.15) is 11.8 Å². The van der Waals surface area contributed by atoms with Crippen molar-refractivity contribution in [2.45, 2.75) is 38.5 Å². The quantitative estimate of drug-likeness (QED) is 0.781. The monoisotopic (exact) mass is 322 g/mol. The minimum Gasteiger partial charge on any atom is -0.380 e. The number of amides is 2. The summed E-state index contributed by atoms with van der Waals surface area (Å²) >= 11 is 0. The van der Waals surface area contributed by atoms with Crippen LogP contribution in [0.3, 0.4) is 0 Å². The number of nitrogens with zero attached hydrogens (tertiary/aromatic N) is 2. The number of methoxy groups -OCH3 is 1. The summed E-state index contributed by atoms with van der Waals surface area (Å²) in [6.45, 7) is 3.55. The van der Waals surface area contributed by atoms with Gasteiger partial charge in [0, 0.05) is 32.8 Å². The van der Waals surface area contributed by atoms with Gasteiger partial charge in [-0.1, -0.05) is 5.16 Å². The van der Waals surface area contributed by atoms with E-state index in [1.165, 1.54) is 0 Å². The first kappa shape index (κ1) is 15.9. The molecule has 1 saturated heterocycles. The van der Waals surface area contributed by atoms with Gasteiger partial charge in [-0.3, -0.25) is 9.59 Å². The molecule has 8 nitrogen and oxygen atoms in total. The van der Waals surface area contributed by atoms with Crippen LogP contribution in [0.1, 0.15) is 34.7 Å². The van der Waals surface area contributed by atoms with Gasteiger partial charge >= 0.3 is 0 Å². The molecule has 2 aliphatic rings. The Morgan fingerprint density at radius 2 is 2.26 bits per heavy atom. The molecule has 1 aromatic heterocycles. The molecule has 1 atom stereocenters. The fraction of sp³-hybridized carbons (Fsp3) is 0.667. The normalized spacial score (nSPS) is 21.3. The van der Waals surface area contributed by atoms with E-state index in [9.17, 15) is 9.59 Å². The molecule has 0 bridgehead atoms. The predicted molar refractivity (Wildman–Crippen MR) is 80.8 cm³/mol. The first-order chi connectivity index (χ1) is 11.1. The van der Waals surface area contributed by atoms with Crippen molar-refractivity contribution in [2.75, 3.05) is 26.7 Å². The van der Waals surface area contributed by atoms with Crippen LogP contribution < -0.4 is 10.6 Å². The maximum absolute atomic E-state index is 12.9. The lowest BCUT2D eigenvalue weighted by molar-refractivity contribution is -0.126. The van der Waals surface area contributed by atoms with Crippen molar-refractivity contribution in [2.24, 2.45) is 0 Å². The molecule has 1 unspecified atom stereocenters. The van der Waals surface area contributed by atoms with Crippen LogP contribution in [0.15, 0.2) is 4.52 Å². The highest BCUT2D eigenvalue weighted by molar-refractivity contribution is 5.97. The third kappa shape index (κ3) is 3.37. The zero-order valence-corrected chi connectivity index (χ0v) is 13.4. The molecule has 1 aliphatic heterocycles. The van der Waals surface area contributed by atoms with Crippen molar-refractivity contribution in [3.63, 3.8) is 0 Å². The van der Waals surface area contributed by atoms with Crippen molar-refractivity contribution < 1.29 is 18.8 Å². The third-order valence-corrected chi connectivity index (χ3v) is 4.21. The minimum absolute atomic E-state index is 0.110. The Labute approximate surface area is 134 Å². The molecule has 8 heteroatoms. The van der Waals surface area contributed by atoms with Gasteiger partial charge in [0.15, 0.2) is 5.69 Å². The molecule has 2 N–H and O–H groups in total. The number of nitrogens with one attached hydrogen (secondary N) is 2. The van der Waals surface area contributed by atoms with E-state index in [0.29, 0.717) is 31.0 Å². The third-order valence-electron chi connectivity index (χ3n) is 4.21. The smallest absolute Gasteiger partial charge is 0.277 e. The summed E-state index contributed by atoms with van der Waals surface area (Å²) in [5.74, 6) is 0.164. The zero-order valence-electron chi connectivity index (χ0n) is 13.4. The van der Waals surface area contributed by atoms with E-state index in [2.05, 4.69) is 15.8 Å². The van der Waals surface area contributed by atoms with Crippen LogP contribution in [0.25, 0.3) is 0 Å². The topological polar surface area (TPSA) is 96.7 Å². The molecular weight excluding hydrogens is 300 g/mol. The number of carbonyl (C=O) groups is 2. The van der Waals surface area contributed by atoms with Crippen LogP contribution >= 0.6 is 0 Å². The minimum atomic E-state index is -0.524. The van der Waals surface area contributed by atoms with Crippen LogP contribution in [-0.2, 0) is 16.1 Å². The highest BCUT2D eigenvalue weighted by Gasteiger charge is 2.37. The molecule has 2 amide bonds. The van der Waals surface area contributed by atoms with E-state index < -0.39 is 6.04 Å². The van der Waals surface area contributed by atoms with Gasteiger partial charge in [-0.2, -0.15) is 0 Å². The second-order valence-corrected chi connectivity index (χ2v) is 6.00. The van der Waals surface area contributed by atoms with Crippen molar-refractivity contribution in [3.8, 4) is 0 Å². The average Bonchev–Trinajstić information content (AvgIpc) is 3.30. The Morgan fingerprint density at radius 1 is 1.48 bits per heavy atom. The maximum atomic E-state index is 12.9. The molecule has 1 aliphatic carbocycles. The van der Waals surface area contributed by atoms with Crippen molar-refractivity contribution in [1.29, 1.82) is 0 Å². The van der Waals surface area contributed by atoms with Gasteiger partial charge in [-0.15, -0.1) is 0 Å². The summed E-state index contributed by atoms with van der Waals surface area (Å²) in [5.41, 5.74) is 0.868. The van der Waals surface area contributed by atoms with Gasteiger partial charge in [0.2, 0.25) is 5.91 Å². The van der Waals surface area contributed by atoms with E-state index in [-0.39, 0.29) is 30.2 Å². The molecule has 2 heterocycles. The van der Waals surface area contributed by atoms with Gasteiger partial charge in [-0.25, -0.2) is 0 Å². The number of piperazine rings is 1.